The zero-order chi connectivity index (χ0) is 23.8. The average molecular weight is 481 g/mol. The van der Waals surface area contributed by atoms with Gasteiger partial charge in [-0.05, 0) is 41.2 Å². The number of allylic oxidation sites excluding steroid dienone is 4. The number of fused-ring (bicyclic) bond motifs is 2. The summed E-state index contributed by atoms with van der Waals surface area (Å²) >= 11 is 11.9. The molecular weight excluding hydrogens is 454 g/mol. The van der Waals surface area contributed by atoms with Crippen LogP contribution in [0.25, 0.3) is 0 Å². The molecule has 0 aliphatic carbocycles. The smallest absolute Gasteiger partial charge is 0.321 e. The molecule has 0 aromatic heterocycles. The Morgan fingerprint density at radius 2 is 2.06 bits per heavy atom. The van der Waals surface area contributed by atoms with Crippen LogP contribution in [0.2, 0.25) is 5.02 Å². The second-order valence-corrected chi connectivity index (χ2v) is 10.4. The van der Waals surface area contributed by atoms with Crippen molar-refractivity contribution >= 4 is 40.8 Å². The quantitative estimate of drug-likeness (QED) is 0.488. The molecule has 0 bridgehead atoms. The van der Waals surface area contributed by atoms with Gasteiger partial charge >= 0.3 is 5.97 Å². The third kappa shape index (κ3) is 4.36. The monoisotopic (exact) mass is 480 g/mol. The first-order valence-corrected chi connectivity index (χ1v) is 11.0. The Balaban J connectivity index is 2.20. The molecule has 5 nitrogen and oxygen atoms in total. The number of carboxylic acid groups (broad SMARTS) is 1. The Kier molecular flexibility index (Phi) is 6.89. The van der Waals surface area contributed by atoms with E-state index in [0.717, 1.165) is 0 Å². The van der Waals surface area contributed by atoms with E-state index in [1.165, 1.54) is 12.2 Å². The van der Waals surface area contributed by atoms with Gasteiger partial charge in [-0.2, -0.15) is 0 Å². The summed E-state index contributed by atoms with van der Waals surface area (Å²) in [5, 5.41) is 16.7. The van der Waals surface area contributed by atoms with Crippen molar-refractivity contribution in [2.24, 2.45) is 11.3 Å². The van der Waals surface area contributed by atoms with Crippen LogP contribution >= 0.6 is 23.2 Å². The second-order valence-electron chi connectivity index (χ2n) is 9.47. The predicted octanol–water partition coefficient (Wildman–Crippen LogP) is 5.21. The lowest BCUT2D eigenvalue weighted by Gasteiger charge is -2.37. The van der Waals surface area contributed by atoms with Gasteiger partial charge in [0.15, 0.2) is 0 Å². The van der Waals surface area contributed by atoms with Gasteiger partial charge in [-0.15, -0.1) is 0 Å². The van der Waals surface area contributed by atoms with Crippen molar-refractivity contribution < 1.29 is 19.1 Å². The van der Waals surface area contributed by atoms with E-state index in [1.54, 1.807) is 24.3 Å². The molecule has 0 saturated carbocycles. The van der Waals surface area contributed by atoms with Crippen molar-refractivity contribution in [1.82, 2.24) is 5.32 Å². The molecule has 1 aromatic carbocycles. The van der Waals surface area contributed by atoms with Gasteiger partial charge in [0.2, 0.25) is 5.91 Å². The molecule has 1 amide bonds. The van der Waals surface area contributed by atoms with Gasteiger partial charge in [0.05, 0.1) is 0 Å². The van der Waals surface area contributed by atoms with Crippen molar-refractivity contribution in [2.75, 3.05) is 12.0 Å². The minimum Gasteiger partial charge on any atom is -0.480 e. The first-order valence-electron chi connectivity index (χ1n) is 10.3. The van der Waals surface area contributed by atoms with E-state index in [2.05, 4.69) is 17.2 Å². The fourth-order valence-corrected chi connectivity index (χ4v) is 5.13. The number of hydrogen-bond acceptors (Lipinski definition) is 3. The molecule has 3 rings (SSSR count). The summed E-state index contributed by atoms with van der Waals surface area (Å²) in [5.41, 5.74) is 0.294. The number of halogens is 3. The number of benzene rings is 1. The zero-order valence-electron chi connectivity index (χ0n) is 18.2. The number of alkyl halides is 1. The van der Waals surface area contributed by atoms with Gasteiger partial charge < -0.3 is 10.4 Å². The Morgan fingerprint density at radius 3 is 2.66 bits per heavy atom. The molecule has 2 aliphatic heterocycles. The van der Waals surface area contributed by atoms with Gasteiger partial charge in [-0.3, -0.25) is 14.9 Å². The normalized spacial score (nSPS) is 27.8. The number of nitrogens with one attached hydrogen (secondary N) is 2. The lowest BCUT2D eigenvalue weighted by atomic mass is 9.62. The molecule has 0 unspecified atom stereocenters. The predicted molar refractivity (Wildman–Crippen MR) is 126 cm³/mol. The SMILES string of the molecule is C=C(/C=C\C=C(\Cl)CF)[C@H]1[C@H](C(=O)O)N[C@H](CC(C)(C)C)[C@]12C(=O)Nc1cc(Cl)ccc12. The minimum absolute atomic E-state index is 0.00676. The van der Waals surface area contributed by atoms with Gasteiger partial charge in [0, 0.05) is 27.7 Å². The highest BCUT2D eigenvalue weighted by Gasteiger charge is 2.65. The average Bonchev–Trinajstić information content (AvgIpc) is 3.16. The van der Waals surface area contributed by atoms with E-state index >= 15 is 0 Å². The molecular formula is C24H27Cl2FN2O3. The van der Waals surface area contributed by atoms with Gasteiger partial charge in [-0.25, -0.2) is 4.39 Å². The molecule has 1 aromatic rings. The first-order chi connectivity index (χ1) is 14.9. The first kappa shape index (κ1) is 24.5. The summed E-state index contributed by atoms with van der Waals surface area (Å²) < 4.78 is 12.7. The number of anilines is 1. The van der Waals surface area contributed by atoms with Crippen LogP contribution in [0.3, 0.4) is 0 Å². The number of aliphatic carboxylic acids is 1. The summed E-state index contributed by atoms with van der Waals surface area (Å²) in [6.07, 6.45) is 5.03. The number of carbonyl (C=O) groups excluding carboxylic acids is 1. The maximum atomic E-state index is 13.6. The van der Waals surface area contributed by atoms with E-state index in [0.29, 0.717) is 28.3 Å². The summed E-state index contributed by atoms with van der Waals surface area (Å²) in [6.45, 7) is 9.42. The van der Waals surface area contributed by atoms with Crippen LogP contribution in [0, 0.1) is 11.3 Å². The topological polar surface area (TPSA) is 78.4 Å². The van der Waals surface area contributed by atoms with E-state index in [-0.39, 0.29) is 16.4 Å². The molecule has 1 spiro atoms. The van der Waals surface area contributed by atoms with E-state index in [1.807, 2.05) is 20.8 Å². The van der Waals surface area contributed by atoms with Crippen molar-refractivity contribution in [2.45, 2.75) is 44.7 Å². The third-order valence-electron chi connectivity index (χ3n) is 6.00. The Bertz CT molecular complexity index is 1010. The molecule has 1 fully saturated rings. The molecule has 8 heteroatoms. The summed E-state index contributed by atoms with van der Waals surface area (Å²) in [4.78, 5) is 25.9. The van der Waals surface area contributed by atoms with Crippen LogP contribution in [0.15, 0.2) is 53.6 Å². The molecule has 172 valence electrons. The van der Waals surface area contributed by atoms with E-state index in [9.17, 15) is 19.1 Å². The van der Waals surface area contributed by atoms with Gasteiger partial charge in [0.25, 0.3) is 0 Å². The number of carbonyl (C=O) groups is 2. The molecule has 4 atom stereocenters. The van der Waals surface area contributed by atoms with E-state index in [4.69, 9.17) is 23.2 Å². The lowest BCUT2D eigenvalue weighted by Crippen LogP contribution is -2.50. The summed E-state index contributed by atoms with van der Waals surface area (Å²) in [7, 11) is 0. The van der Waals surface area contributed by atoms with Gasteiger partial charge in [-0.1, -0.05) is 68.8 Å². The number of hydrogen-bond donors (Lipinski definition) is 3. The van der Waals surface area contributed by atoms with Gasteiger partial charge in [0.1, 0.15) is 18.1 Å². The molecule has 2 heterocycles. The highest BCUT2D eigenvalue weighted by Crippen LogP contribution is 2.55. The standard InChI is InChI=1S/C24H27Cl2FN2O3/c1-13(6-5-7-15(26)12-27)19-20(21(30)31)29-18(11-23(2,3)4)24(19)16-9-8-14(25)10-17(16)28-22(24)32/h5-10,18-20,29H,1,11-12H2,2-4H3,(H,28,32)(H,30,31)/b6-5-,15-7+/t18-,19+,20-,24+/m1/s1. The number of rotatable bonds is 6. The van der Waals surface area contributed by atoms with Crippen molar-refractivity contribution in [1.29, 1.82) is 0 Å². The van der Waals surface area contributed by atoms with Crippen molar-refractivity contribution in [3.8, 4) is 0 Å². The number of amides is 1. The second kappa shape index (κ2) is 9.00. The van der Waals surface area contributed by atoms with Crippen LogP contribution in [-0.2, 0) is 15.0 Å². The maximum absolute atomic E-state index is 13.6. The summed E-state index contributed by atoms with van der Waals surface area (Å²) in [5.74, 6) is -2.16. The molecule has 0 radical (unpaired) electrons. The fraction of sp³-hybridized carbons (Fsp3) is 0.417. The Morgan fingerprint density at radius 1 is 1.38 bits per heavy atom. The minimum atomic E-state index is -1.20. The maximum Gasteiger partial charge on any atom is 0.321 e. The fourth-order valence-electron chi connectivity index (χ4n) is 4.88. The molecule has 1 saturated heterocycles. The van der Waals surface area contributed by atoms with Crippen molar-refractivity contribution in [3.05, 3.63) is 64.2 Å². The Labute approximate surface area is 197 Å². The van der Waals surface area contributed by atoms with Crippen LogP contribution in [0.1, 0.15) is 32.8 Å². The van der Waals surface area contributed by atoms with Crippen LogP contribution < -0.4 is 10.6 Å². The third-order valence-corrected chi connectivity index (χ3v) is 6.46. The van der Waals surface area contributed by atoms with Crippen LogP contribution in [-0.4, -0.2) is 35.7 Å². The lowest BCUT2D eigenvalue weighted by molar-refractivity contribution is -0.140. The largest absolute Gasteiger partial charge is 0.480 e. The highest BCUT2D eigenvalue weighted by molar-refractivity contribution is 6.31. The van der Waals surface area contributed by atoms with Crippen molar-refractivity contribution in [3.63, 3.8) is 0 Å². The summed E-state index contributed by atoms with van der Waals surface area (Å²) in [6, 6.07) is 3.63. The zero-order valence-corrected chi connectivity index (χ0v) is 19.7. The Hall–Kier alpha value is -2.15. The molecule has 2 aliphatic rings. The van der Waals surface area contributed by atoms with Crippen LogP contribution in [0.4, 0.5) is 10.1 Å². The number of carboxylic acids is 1. The molecule has 32 heavy (non-hydrogen) atoms. The van der Waals surface area contributed by atoms with E-state index < -0.39 is 36.1 Å². The highest BCUT2D eigenvalue weighted by atomic mass is 35.5. The van der Waals surface area contributed by atoms with Crippen LogP contribution in [0.5, 0.6) is 0 Å². The molecule has 3 N–H and O–H groups in total.